The fourth-order valence-corrected chi connectivity index (χ4v) is 2.35. The van der Waals surface area contributed by atoms with Crippen molar-refractivity contribution in [2.75, 3.05) is 33.4 Å². The van der Waals surface area contributed by atoms with E-state index in [1.807, 2.05) is 0 Å². The van der Waals surface area contributed by atoms with E-state index in [4.69, 9.17) is 4.74 Å². The van der Waals surface area contributed by atoms with Crippen LogP contribution in [0.1, 0.15) is 27.7 Å². The van der Waals surface area contributed by atoms with Crippen molar-refractivity contribution in [3.05, 3.63) is 0 Å². The van der Waals surface area contributed by atoms with Gasteiger partial charge in [0.25, 0.3) is 0 Å². The minimum Gasteiger partial charge on any atom is -0.383 e. The number of nitrogens with zero attached hydrogens (tertiary/aromatic N) is 1. The molecule has 0 aromatic carbocycles. The topological polar surface area (TPSA) is 24.5 Å². The second kappa shape index (κ2) is 5.28. The fourth-order valence-electron chi connectivity index (χ4n) is 2.35. The van der Waals surface area contributed by atoms with Crippen molar-refractivity contribution >= 4 is 0 Å². The molecule has 1 fully saturated rings. The summed E-state index contributed by atoms with van der Waals surface area (Å²) in [4.78, 5) is 2.56. The molecule has 0 saturated carbocycles. The third kappa shape index (κ3) is 3.74. The fraction of sp³-hybridized carbons (Fsp3) is 1.00. The molecule has 3 nitrogen and oxygen atoms in total. The maximum absolute atomic E-state index is 5.32. The summed E-state index contributed by atoms with van der Waals surface area (Å²) in [6.45, 7) is 13.3. The van der Waals surface area contributed by atoms with E-state index in [0.29, 0.717) is 12.0 Å². The lowest BCUT2D eigenvalue weighted by Gasteiger charge is -2.44. The van der Waals surface area contributed by atoms with E-state index < -0.39 is 0 Å². The van der Waals surface area contributed by atoms with Gasteiger partial charge in [0, 0.05) is 38.3 Å². The van der Waals surface area contributed by atoms with Crippen LogP contribution in [0.5, 0.6) is 0 Å². The first-order valence-electron chi connectivity index (χ1n) is 5.94. The molecule has 0 radical (unpaired) electrons. The summed E-state index contributed by atoms with van der Waals surface area (Å²) >= 11 is 0. The van der Waals surface area contributed by atoms with Gasteiger partial charge < -0.3 is 10.1 Å². The van der Waals surface area contributed by atoms with Gasteiger partial charge in [0.1, 0.15) is 0 Å². The zero-order valence-electron chi connectivity index (χ0n) is 10.8. The van der Waals surface area contributed by atoms with E-state index in [1.165, 1.54) is 0 Å². The predicted molar refractivity (Wildman–Crippen MR) is 64.2 cm³/mol. The molecule has 0 amide bonds. The average molecular weight is 214 g/mol. The van der Waals surface area contributed by atoms with Crippen LogP contribution in [0.2, 0.25) is 0 Å². The Kier molecular flexibility index (Phi) is 4.56. The molecule has 0 aliphatic carbocycles. The third-order valence-electron chi connectivity index (χ3n) is 3.18. The van der Waals surface area contributed by atoms with Crippen LogP contribution in [-0.2, 0) is 4.74 Å². The molecule has 3 heteroatoms. The molecule has 15 heavy (non-hydrogen) atoms. The molecule has 1 rings (SSSR count). The first kappa shape index (κ1) is 12.9. The molecular formula is C12H26N2O. The maximum Gasteiger partial charge on any atom is 0.0620 e. The highest BCUT2D eigenvalue weighted by Gasteiger charge is 2.31. The summed E-state index contributed by atoms with van der Waals surface area (Å²) in [6.07, 6.45) is 0. The molecule has 1 N–H and O–H groups in total. The average Bonchev–Trinajstić information content (AvgIpc) is 2.11. The van der Waals surface area contributed by atoms with Crippen molar-refractivity contribution < 1.29 is 4.74 Å². The molecule has 1 aliphatic rings. The number of hydrogen-bond acceptors (Lipinski definition) is 3. The van der Waals surface area contributed by atoms with Gasteiger partial charge in [0.05, 0.1) is 6.61 Å². The van der Waals surface area contributed by atoms with Crippen LogP contribution in [0.15, 0.2) is 0 Å². The highest BCUT2D eigenvalue weighted by atomic mass is 16.5. The van der Waals surface area contributed by atoms with Crippen LogP contribution in [0.3, 0.4) is 0 Å². The Labute approximate surface area is 94.2 Å². The van der Waals surface area contributed by atoms with Gasteiger partial charge in [-0.1, -0.05) is 13.8 Å². The Morgan fingerprint density at radius 3 is 2.53 bits per heavy atom. The van der Waals surface area contributed by atoms with Crippen LogP contribution >= 0.6 is 0 Å². The zero-order valence-corrected chi connectivity index (χ0v) is 10.8. The summed E-state index contributed by atoms with van der Waals surface area (Å²) in [5, 5.41) is 3.54. The smallest absolute Gasteiger partial charge is 0.0620 e. The van der Waals surface area contributed by atoms with Gasteiger partial charge in [0.2, 0.25) is 0 Å². The first-order valence-corrected chi connectivity index (χ1v) is 5.94. The lowest BCUT2D eigenvalue weighted by atomic mass is 9.96. The van der Waals surface area contributed by atoms with E-state index in [1.54, 1.807) is 7.11 Å². The quantitative estimate of drug-likeness (QED) is 0.764. The Hall–Kier alpha value is -0.120. The van der Waals surface area contributed by atoms with Crippen LogP contribution in [-0.4, -0.2) is 49.8 Å². The molecule has 0 aromatic heterocycles. The third-order valence-corrected chi connectivity index (χ3v) is 3.18. The van der Waals surface area contributed by atoms with Crippen molar-refractivity contribution in [1.82, 2.24) is 10.2 Å². The van der Waals surface area contributed by atoms with Crippen molar-refractivity contribution in [3.8, 4) is 0 Å². The molecule has 0 aromatic rings. The van der Waals surface area contributed by atoms with Crippen molar-refractivity contribution in [1.29, 1.82) is 0 Å². The Morgan fingerprint density at radius 2 is 2.07 bits per heavy atom. The van der Waals surface area contributed by atoms with Crippen LogP contribution in [0, 0.1) is 5.92 Å². The zero-order chi connectivity index (χ0) is 11.5. The van der Waals surface area contributed by atoms with Crippen LogP contribution in [0.25, 0.3) is 0 Å². The predicted octanol–water partition coefficient (Wildman–Crippen LogP) is 1.34. The minimum absolute atomic E-state index is 0.235. The van der Waals surface area contributed by atoms with Gasteiger partial charge in [-0.2, -0.15) is 0 Å². The molecule has 1 aliphatic heterocycles. The molecule has 1 heterocycles. The Bertz CT molecular complexity index is 192. The van der Waals surface area contributed by atoms with E-state index >= 15 is 0 Å². The lowest BCUT2D eigenvalue weighted by molar-refractivity contribution is 0.0319. The Morgan fingerprint density at radius 1 is 1.40 bits per heavy atom. The van der Waals surface area contributed by atoms with Gasteiger partial charge >= 0.3 is 0 Å². The van der Waals surface area contributed by atoms with Gasteiger partial charge in [-0.3, -0.25) is 4.90 Å². The van der Waals surface area contributed by atoms with Gasteiger partial charge in [-0.05, 0) is 19.8 Å². The largest absolute Gasteiger partial charge is 0.383 e. The lowest BCUT2D eigenvalue weighted by Crippen LogP contribution is -2.60. The van der Waals surface area contributed by atoms with E-state index in [0.717, 1.165) is 26.2 Å². The second-order valence-corrected chi connectivity index (χ2v) is 5.55. The monoisotopic (exact) mass is 214 g/mol. The van der Waals surface area contributed by atoms with Crippen LogP contribution < -0.4 is 5.32 Å². The number of rotatable bonds is 4. The number of nitrogens with one attached hydrogen (secondary N) is 1. The normalized spacial score (nSPS) is 24.4. The SMILES string of the molecule is COCC(C(C)C)N1CCNC(C)(C)C1. The van der Waals surface area contributed by atoms with Crippen molar-refractivity contribution in [2.45, 2.75) is 39.3 Å². The summed E-state index contributed by atoms with van der Waals surface area (Å²) in [6, 6.07) is 0.552. The molecule has 1 atom stereocenters. The molecule has 0 bridgehead atoms. The molecule has 1 saturated heterocycles. The maximum atomic E-state index is 5.32. The number of piperazine rings is 1. The number of hydrogen-bond donors (Lipinski definition) is 1. The molecule has 1 unspecified atom stereocenters. The first-order chi connectivity index (χ1) is 6.96. The number of methoxy groups -OCH3 is 1. The summed E-state index contributed by atoms with van der Waals surface area (Å²) in [7, 11) is 1.79. The van der Waals surface area contributed by atoms with Gasteiger partial charge in [0.15, 0.2) is 0 Å². The summed E-state index contributed by atoms with van der Waals surface area (Å²) in [5.74, 6) is 0.652. The van der Waals surface area contributed by atoms with Crippen LogP contribution in [0.4, 0.5) is 0 Å². The molecule has 0 spiro atoms. The second-order valence-electron chi connectivity index (χ2n) is 5.55. The summed E-state index contributed by atoms with van der Waals surface area (Å²) < 4.78 is 5.32. The van der Waals surface area contributed by atoms with Gasteiger partial charge in [-0.15, -0.1) is 0 Å². The van der Waals surface area contributed by atoms with Crippen molar-refractivity contribution in [2.24, 2.45) is 5.92 Å². The van der Waals surface area contributed by atoms with Gasteiger partial charge in [-0.25, -0.2) is 0 Å². The Balaban J connectivity index is 2.59. The molecular weight excluding hydrogens is 188 g/mol. The molecule has 90 valence electrons. The standard InChI is InChI=1S/C12H26N2O/c1-10(2)11(8-15-5)14-7-6-13-12(3,4)9-14/h10-11,13H,6-9H2,1-5H3. The number of ether oxygens (including phenoxy) is 1. The minimum atomic E-state index is 0.235. The summed E-state index contributed by atoms with van der Waals surface area (Å²) in [5.41, 5.74) is 0.235. The van der Waals surface area contributed by atoms with E-state index in [-0.39, 0.29) is 5.54 Å². The van der Waals surface area contributed by atoms with E-state index in [2.05, 4.69) is 37.9 Å². The van der Waals surface area contributed by atoms with Crippen molar-refractivity contribution in [3.63, 3.8) is 0 Å². The highest BCUT2D eigenvalue weighted by molar-refractivity contribution is 4.90. The highest BCUT2D eigenvalue weighted by Crippen LogP contribution is 2.17. The van der Waals surface area contributed by atoms with E-state index in [9.17, 15) is 0 Å².